The Labute approximate surface area is 118 Å². The maximum atomic E-state index is 14.0. The van der Waals surface area contributed by atoms with Gasteiger partial charge in [0.1, 0.15) is 5.82 Å². The Morgan fingerprint density at radius 2 is 2.00 bits per heavy atom. The molecule has 0 aromatic heterocycles. The van der Waals surface area contributed by atoms with Crippen LogP contribution < -0.4 is 9.80 Å². The highest BCUT2D eigenvalue weighted by Crippen LogP contribution is 2.30. The fraction of sp³-hybridized carbons (Fsp3) is 0.429. The van der Waals surface area contributed by atoms with Gasteiger partial charge in [0.2, 0.25) is 0 Å². The SMILES string of the molecule is CC/N=C\N(C)c1cc(C(=O)OC)c(F)cc1N(C)C. The minimum absolute atomic E-state index is 0.0927. The lowest BCUT2D eigenvalue weighted by Crippen LogP contribution is -2.21. The van der Waals surface area contributed by atoms with E-state index in [1.807, 2.05) is 6.92 Å². The zero-order valence-electron chi connectivity index (χ0n) is 12.5. The molecule has 1 aromatic rings. The third-order valence-corrected chi connectivity index (χ3v) is 2.77. The Morgan fingerprint density at radius 3 is 2.50 bits per heavy atom. The first-order valence-corrected chi connectivity index (χ1v) is 6.24. The van der Waals surface area contributed by atoms with Crippen molar-refractivity contribution in [3.63, 3.8) is 0 Å². The first kappa shape index (κ1) is 15.9. The van der Waals surface area contributed by atoms with Gasteiger partial charge in [0.15, 0.2) is 0 Å². The minimum Gasteiger partial charge on any atom is -0.465 e. The van der Waals surface area contributed by atoms with E-state index in [1.165, 1.54) is 19.2 Å². The third-order valence-electron chi connectivity index (χ3n) is 2.77. The van der Waals surface area contributed by atoms with E-state index in [0.29, 0.717) is 17.9 Å². The molecule has 0 amide bonds. The number of carbonyl (C=O) groups is 1. The zero-order valence-corrected chi connectivity index (χ0v) is 12.5. The van der Waals surface area contributed by atoms with Crippen LogP contribution in [0.1, 0.15) is 17.3 Å². The van der Waals surface area contributed by atoms with E-state index < -0.39 is 11.8 Å². The summed E-state index contributed by atoms with van der Waals surface area (Å²) in [5.41, 5.74) is 1.24. The highest BCUT2D eigenvalue weighted by Gasteiger charge is 2.18. The van der Waals surface area contributed by atoms with E-state index in [9.17, 15) is 9.18 Å². The van der Waals surface area contributed by atoms with E-state index in [4.69, 9.17) is 0 Å². The van der Waals surface area contributed by atoms with Crippen LogP contribution >= 0.6 is 0 Å². The Morgan fingerprint density at radius 1 is 1.35 bits per heavy atom. The van der Waals surface area contributed by atoms with Gasteiger partial charge in [0.05, 0.1) is 30.4 Å². The molecule has 0 radical (unpaired) electrons. The highest BCUT2D eigenvalue weighted by molar-refractivity contribution is 5.95. The number of esters is 1. The lowest BCUT2D eigenvalue weighted by Gasteiger charge is -2.23. The molecule has 0 bridgehead atoms. The van der Waals surface area contributed by atoms with Crippen molar-refractivity contribution in [1.82, 2.24) is 0 Å². The van der Waals surface area contributed by atoms with Gasteiger partial charge < -0.3 is 14.5 Å². The fourth-order valence-electron chi connectivity index (χ4n) is 1.72. The number of benzene rings is 1. The van der Waals surface area contributed by atoms with Crippen LogP contribution in [0, 0.1) is 5.82 Å². The van der Waals surface area contributed by atoms with Crippen LogP contribution in [0.4, 0.5) is 15.8 Å². The number of methoxy groups -OCH3 is 1. The zero-order chi connectivity index (χ0) is 15.3. The van der Waals surface area contributed by atoms with Crippen LogP contribution in [-0.4, -0.2) is 47.1 Å². The average molecular weight is 281 g/mol. The van der Waals surface area contributed by atoms with Crippen LogP contribution in [0.2, 0.25) is 0 Å². The summed E-state index contributed by atoms with van der Waals surface area (Å²) in [7, 11) is 6.63. The lowest BCUT2D eigenvalue weighted by atomic mass is 10.1. The van der Waals surface area contributed by atoms with Crippen molar-refractivity contribution in [3.8, 4) is 0 Å². The average Bonchev–Trinajstić information content (AvgIpc) is 2.43. The first-order valence-electron chi connectivity index (χ1n) is 6.24. The van der Waals surface area contributed by atoms with Gasteiger partial charge in [0, 0.05) is 33.8 Å². The topological polar surface area (TPSA) is 45.1 Å². The molecule has 6 heteroatoms. The summed E-state index contributed by atoms with van der Waals surface area (Å²) >= 11 is 0. The quantitative estimate of drug-likeness (QED) is 0.471. The number of aliphatic imine (C=N–C) groups is 1. The second kappa shape index (κ2) is 6.88. The summed E-state index contributed by atoms with van der Waals surface area (Å²) in [5.74, 6) is -1.31. The number of ether oxygens (including phenoxy) is 1. The van der Waals surface area contributed by atoms with Gasteiger partial charge >= 0.3 is 5.97 Å². The molecule has 0 fully saturated rings. The standard InChI is InChI=1S/C14H20FN3O2/c1-6-16-9-18(4)13-7-10(14(19)20-5)11(15)8-12(13)17(2)3/h7-9H,6H2,1-5H3/b16-9-. The Balaban J connectivity index is 3.37. The fourth-order valence-corrected chi connectivity index (χ4v) is 1.72. The van der Waals surface area contributed by atoms with Crippen molar-refractivity contribution < 1.29 is 13.9 Å². The van der Waals surface area contributed by atoms with Crippen molar-refractivity contribution >= 4 is 23.7 Å². The molecule has 0 unspecified atom stereocenters. The van der Waals surface area contributed by atoms with Crippen molar-refractivity contribution in [2.75, 3.05) is 44.6 Å². The van der Waals surface area contributed by atoms with Gasteiger partial charge in [-0.2, -0.15) is 0 Å². The first-order chi connectivity index (χ1) is 9.42. The highest BCUT2D eigenvalue weighted by atomic mass is 19.1. The van der Waals surface area contributed by atoms with Crippen LogP contribution in [-0.2, 0) is 4.74 Å². The van der Waals surface area contributed by atoms with Crippen molar-refractivity contribution in [1.29, 1.82) is 0 Å². The molecule has 5 nitrogen and oxygen atoms in total. The van der Waals surface area contributed by atoms with Crippen molar-refractivity contribution in [2.24, 2.45) is 4.99 Å². The van der Waals surface area contributed by atoms with E-state index in [0.717, 1.165) is 0 Å². The monoisotopic (exact) mass is 281 g/mol. The molecule has 0 heterocycles. The molecular formula is C14H20FN3O2. The van der Waals surface area contributed by atoms with Gasteiger partial charge in [-0.1, -0.05) is 0 Å². The molecule has 0 aliphatic carbocycles. The summed E-state index contributed by atoms with van der Waals surface area (Å²) in [6, 6.07) is 2.79. The second-order valence-corrected chi connectivity index (χ2v) is 4.43. The maximum absolute atomic E-state index is 14.0. The number of anilines is 2. The minimum atomic E-state index is -0.699. The molecule has 0 aliphatic rings. The third kappa shape index (κ3) is 3.46. The molecule has 1 rings (SSSR count). The molecule has 0 atom stereocenters. The molecule has 0 saturated carbocycles. The summed E-state index contributed by atoms with van der Waals surface area (Å²) in [6.07, 6.45) is 1.64. The van der Waals surface area contributed by atoms with Gasteiger partial charge in [-0.3, -0.25) is 4.99 Å². The Bertz CT molecular complexity index is 515. The molecule has 0 spiro atoms. The normalized spacial score (nSPS) is 10.7. The molecule has 20 heavy (non-hydrogen) atoms. The van der Waals surface area contributed by atoms with Gasteiger partial charge in [-0.25, -0.2) is 9.18 Å². The van der Waals surface area contributed by atoms with Crippen molar-refractivity contribution in [3.05, 3.63) is 23.5 Å². The summed E-state index contributed by atoms with van der Waals surface area (Å²) in [4.78, 5) is 19.2. The van der Waals surface area contributed by atoms with Gasteiger partial charge in [-0.05, 0) is 13.0 Å². The van der Waals surface area contributed by atoms with Gasteiger partial charge in [0.25, 0.3) is 0 Å². The second-order valence-electron chi connectivity index (χ2n) is 4.43. The number of halogens is 1. The predicted octanol–water partition coefficient (Wildman–Crippen LogP) is 2.16. The predicted molar refractivity (Wildman–Crippen MR) is 79.5 cm³/mol. The van der Waals surface area contributed by atoms with E-state index in [2.05, 4.69) is 9.73 Å². The molecule has 0 aliphatic heterocycles. The number of hydrogen-bond donors (Lipinski definition) is 0. The summed E-state index contributed by atoms with van der Waals surface area (Å²) in [5, 5.41) is 0. The Hall–Kier alpha value is -2.11. The van der Waals surface area contributed by atoms with E-state index in [1.54, 1.807) is 37.3 Å². The summed E-state index contributed by atoms with van der Waals surface area (Å²) < 4.78 is 18.6. The smallest absolute Gasteiger partial charge is 0.340 e. The largest absolute Gasteiger partial charge is 0.465 e. The molecular weight excluding hydrogens is 261 g/mol. The maximum Gasteiger partial charge on any atom is 0.340 e. The summed E-state index contributed by atoms with van der Waals surface area (Å²) in [6.45, 7) is 2.56. The van der Waals surface area contributed by atoms with Crippen molar-refractivity contribution in [2.45, 2.75) is 6.92 Å². The van der Waals surface area contributed by atoms with Gasteiger partial charge in [-0.15, -0.1) is 0 Å². The van der Waals surface area contributed by atoms with E-state index >= 15 is 0 Å². The van der Waals surface area contributed by atoms with E-state index in [-0.39, 0.29) is 5.56 Å². The molecule has 1 aromatic carbocycles. The number of nitrogens with zero attached hydrogens (tertiary/aromatic N) is 3. The number of rotatable bonds is 5. The van der Waals surface area contributed by atoms with Crippen LogP contribution in [0.5, 0.6) is 0 Å². The number of carbonyl (C=O) groups excluding carboxylic acids is 1. The number of hydrogen-bond acceptors (Lipinski definition) is 4. The van der Waals surface area contributed by atoms with Crippen LogP contribution in [0.25, 0.3) is 0 Å². The van der Waals surface area contributed by atoms with Crippen LogP contribution in [0.15, 0.2) is 17.1 Å². The lowest BCUT2D eigenvalue weighted by molar-refractivity contribution is 0.0595. The Kier molecular flexibility index (Phi) is 5.49. The van der Waals surface area contributed by atoms with Crippen LogP contribution in [0.3, 0.4) is 0 Å². The molecule has 0 N–H and O–H groups in total. The molecule has 110 valence electrons. The molecule has 0 saturated heterocycles.